The van der Waals surface area contributed by atoms with Crippen LogP contribution in [0.1, 0.15) is 18.4 Å². The standard InChI is InChI=1S/C16H20N4S/c1-12-3-2-4-13(11-12)15-17-18-16(21-15)20-10-9-19-7-5-14(20)6-8-19/h2-4,11,14H,5-10H2,1H3. The summed E-state index contributed by atoms with van der Waals surface area (Å²) in [5.74, 6) is 0. The van der Waals surface area contributed by atoms with E-state index < -0.39 is 0 Å². The molecule has 0 atom stereocenters. The van der Waals surface area contributed by atoms with Gasteiger partial charge in [-0.3, -0.25) is 0 Å². The van der Waals surface area contributed by atoms with Crippen LogP contribution in [-0.4, -0.2) is 47.3 Å². The van der Waals surface area contributed by atoms with Crippen LogP contribution in [-0.2, 0) is 0 Å². The van der Waals surface area contributed by atoms with Crippen molar-refractivity contribution in [1.29, 1.82) is 0 Å². The number of anilines is 1. The number of rotatable bonds is 2. The Kier molecular flexibility index (Phi) is 3.39. The molecular formula is C16H20N4S. The van der Waals surface area contributed by atoms with Crippen molar-refractivity contribution in [3.05, 3.63) is 29.8 Å². The first-order chi connectivity index (χ1) is 10.3. The van der Waals surface area contributed by atoms with E-state index in [-0.39, 0.29) is 0 Å². The van der Waals surface area contributed by atoms with Gasteiger partial charge in [-0.25, -0.2) is 0 Å². The zero-order valence-electron chi connectivity index (χ0n) is 12.3. The molecule has 2 bridgehead atoms. The third kappa shape index (κ3) is 2.56. The van der Waals surface area contributed by atoms with E-state index in [0.717, 1.165) is 23.2 Å². The Morgan fingerprint density at radius 2 is 1.95 bits per heavy atom. The lowest BCUT2D eigenvalue weighted by Crippen LogP contribution is -2.37. The van der Waals surface area contributed by atoms with Gasteiger partial charge in [-0.1, -0.05) is 35.1 Å². The Morgan fingerprint density at radius 3 is 2.76 bits per heavy atom. The number of nitrogens with zero attached hydrogens (tertiary/aromatic N) is 4. The van der Waals surface area contributed by atoms with E-state index in [1.165, 1.54) is 37.1 Å². The molecule has 1 aromatic heterocycles. The summed E-state index contributed by atoms with van der Waals surface area (Å²) >= 11 is 1.73. The molecule has 0 radical (unpaired) electrons. The molecule has 110 valence electrons. The maximum Gasteiger partial charge on any atom is 0.208 e. The van der Waals surface area contributed by atoms with Gasteiger partial charge >= 0.3 is 0 Å². The van der Waals surface area contributed by atoms with E-state index in [1.807, 2.05) is 0 Å². The van der Waals surface area contributed by atoms with Gasteiger partial charge in [-0.05, 0) is 25.8 Å². The molecule has 21 heavy (non-hydrogen) atoms. The van der Waals surface area contributed by atoms with Crippen LogP contribution in [0, 0.1) is 6.92 Å². The Bertz CT molecular complexity index is 631. The number of aromatic nitrogens is 2. The molecule has 5 rings (SSSR count). The molecule has 3 saturated heterocycles. The van der Waals surface area contributed by atoms with Gasteiger partial charge in [0.15, 0.2) is 0 Å². The fourth-order valence-electron chi connectivity index (χ4n) is 3.36. The lowest BCUT2D eigenvalue weighted by atomic mass is 10.1. The predicted molar refractivity (Wildman–Crippen MR) is 86.9 cm³/mol. The third-order valence-corrected chi connectivity index (χ3v) is 5.59. The van der Waals surface area contributed by atoms with Crippen molar-refractivity contribution in [2.75, 3.05) is 31.1 Å². The zero-order valence-corrected chi connectivity index (χ0v) is 13.1. The van der Waals surface area contributed by atoms with Gasteiger partial charge in [-0.2, -0.15) is 0 Å². The Balaban J connectivity index is 1.62. The van der Waals surface area contributed by atoms with Crippen molar-refractivity contribution in [2.45, 2.75) is 25.8 Å². The first-order valence-corrected chi connectivity index (χ1v) is 8.51. The van der Waals surface area contributed by atoms with Crippen molar-refractivity contribution in [3.8, 4) is 10.6 Å². The quantitative estimate of drug-likeness (QED) is 0.854. The first kappa shape index (κ1) is 13.2. The fraction of sp³-hybridized carbons (Fsp3) is 0.500. The highest BCUT2D eigenvalue weighted by molar-refractivity contribution is 7.18. The number of aryl methyl sites for hydroxylation is 1. The summed E-state index contributed by atoms with van der Waals surface area (Å²) in [5.41, 5.74) is 2.45. The average molecular weight is 300 g/mol. The molecule has 3 fully saturated rings. The smallest absolute Gasteiger partial charge is 0.208 e. The molecule has 0 spiro atoms. The molecule has 1 aromatic carbocycles. The minimum Gasteiger partial charge on any atom is -0.342 e. The van der Waals surface area contributed by atoms with Crippen LogP contribution >= 0.6 is 11.3 Å². The maximum absolute atomic E-state index is 4.48. The van der Waals surface area contributed by atoms with E-state index in [1.54, 1.807) is 11.3 Å². The van der Waals surface area contributed by atoms with Crippen LogP contribution < -0.4 is 4.90 Å². The summed E-state index contributed by atoms with van der Waals surface area (Å²) in [6.45, 7) is 6.85. The van der Waals surface area contributed by atoms with Gasteiger partial charge in [-0.15, -0.1) is 10.2 Å². The summed E-state index contributed by atoms with van der Waals surface area (Å²) in [6, 6.07) is 9.17. The minimum atomic E-state index is 0.655. The van der Waals surface area contributed by atoms with Crippen LogP contribution in [0.5, 0.6) is 0 Å². The molecule has 0 amide bonds. The number of fused-ring (bicyclic) bond motifs is 4. The van der Waals surface area contributed by atoms with Crippen LogP contribution in [0.2, 0.25) is 0 Å². The molecule has 0 N–H and O–H groups in total. The Morgan fingerprint density at radius 1 is 1.10 bits per heavy atom. The number of benzene rings is 1. The summed E-state index contributed by atoms with van der Waals surface area (Å²) in [4.78, 5) is 5.06. The summed E-state index contributed by atoms with van der Waals surface area (Å²) < 4.78 is 0. The summed E-state index contributed by atoms with van der Waals surface area (Å²) in [7, 11) is 0. The number of piperidine rings is 1. The lowest BCUT2D eigenvalue weighted by Gasteiger charge is -2.30. The van der Waals surface area contributed by atoms with Gasteiger partial charge in [0.1, 0.15) is 5.01 Å². The van der Waals surface area contributed by atoms with E-state index in [2.05, 4.69) is 51.2 Å². The molecule has 0 saturated carbocycles. The summed E-state index contributed by atoms with van der Waals surface area (Å²) in [6.07, 6.45) is 2.53. The second-order valence-electron chi connectivity index (χ2n) is 6.03. The summed E-state index contributed by atoms with van der Waals surface area (Å²) in [5, 5.41) is 11.0. The maximum atomic E-state index is 4.48. The molecule has 3 aliphatic rings. The van der Waals surface area contributed by atoms with Crippen molar-refractivity contribution in [3.63, 3.8) is 0 Å². The second kappa shape index (κ2) is 5.39. The monoisotopic (exact) mass is 300 g/mol. The minimum absolute atomic E-state index is 0.655. The molecule has 0 aliphatic carbocycles. The Labute approximate surface area is 129 Å². The first-order valence-electron chi connectivity index (χ1n) is 7.69. The second-order valence-corrected chi connectivity index (χ2v) is 6.98. The zero-order chi connectivity index (χ0) is 14.2. The number of hydrogen-bond donors (Lipinski definition) is 0. The SMILES string of the molecule is Cc1cccc(-c2nnc(N3CCN4CCC3CC4)s2)c1. The topological polar surface area (TPSA) is 32.3 Å². The van der Waals surface area contributed by atoms with Crippen LogP contribution in [0.3, 0.4) is 0 Å². The fourth-order valence-corrected chi connectivity index (χ4v) is 4.30. The largest absolute Gasteiger partial charge is 0.342 e. The van der Waals surface area contributed by atoms with Crippen molar-refractivity contribution >= 4 is 16.5 Å². The highest BCUT2D eigenvalue weighted by Crippen LogP contribution is 2.33. The molecule has 4 nitrogen and oxygen atoms in total. The molecule has 0 unspecified atom stereocenters. The number of hydrogen-bond acceptors (Lipinski definition) is 5. The van der Waals surface area contributed by atoms with E-state index in [0.29, 0.717) is 6.04 Å². The van der Waals surface area contributed by atoms with Crippen molar-refractivity contribution in [1.82, 2.24) is 15.1 Å². The normalized spacial score (nSPS) is 25.1. The van der Waals surface area contributed by atoms with Gasteiger partial charge in [0.05, 0.1) is 0 Å². The van der Waals surface area contributed by atoms with E-state index >= 15 is 0 Å². The van der Waals surface area contributed by atoms with Gasteiger partial charge in [0.25, 0.3) is 0 Å². The van der Waals surface area contributed by atoms with Crippen molar-refractivity contribution in [2.24, 2.45) is 0 Å². The van der Waals surface area contributed by atoms with Crippen molar-refractivity contribution < 1.29 is 0 Å². The van der Waals surface area contributed by atoms with Crippen LogP contribution in [0.25, 0.3) is 10.6 Å². The highest BCUT2D eigenvalue weighted by Gasteiger charge is 2.30. The Hall–Kier alpha value is -1.46. The third-order valence-electron chi connectivity index (χ3n) is 4.58. The van der Waals surface area contributed by atoms with Crippen LogP contribution in [0.4, 0.5) is 5.13 Å². The molecule has 5 heteroatoms. The van der Waals surface area contributed by atoms with E-state index in [4.69, 9.17) is 0 Å². The molecule has 2 aromatic rings. The van der Waals surface area contributed by atoms with Crippen LogP contribution in [0.15, 0.2) is 24.3 Å². The predicted octanol–water partition coefficient (Wildman–Crippen LogP) is 2.80. The highest BCUT2D eigenvalue weighted by atomic mass is 32.1. The molecule has 3 aliphatic heterocycles. The van der Waals surface area contributed by atoms with Gasteiger partial charge < -0.3 is 9.80 Å². The van der Waals surface area contributed by atoms with Gasteiger partial charge in [0.2, 0.25) is 5.13 Å². The lowest BCUT2D eigenvalue weighted by molar-refractivity contribution is 0.250. The average Bonchev–Trinajstić information content (AvgIpc) is 2.80. The molecule has 4 heterocycles. The molecular weight excluding hydrogens is 280 g/mol. The van der Waals surface area contributed by atoms with Gasteiger partial charge in [0, 0.05) is 37.8 Å². The van der Waals surface area contributed by atoms with E-state index in [9.17, 15) is 0 Å².